The van der Waals surface area contributed by atoms with Crippen molar-refractivity contribution in [2.45, 2.75) is 50.2 Å². The molecule has 0 bridgehead atoms. The van der Waals surface area contributed by atoms with E-state index in [0.717, 1.165) is 36.6 Å². The zero-order chi connectivity index (χ0) is 16.5. The molecule has 2 heterocycles. The van der Waals surface area contributed by atoms with Crippen LogP contribution in [0.5, 0.6) is 0 Å². The predicted octanol–water partition coefficient (Wildman–Crippen LogP) is 3.59. The van der Waals surface area contributed by atoms with Gasteiger partial charge in [-0.05, 0) is 55.9 Å². The topological polar surface area (TPSA) is 49.2 Å². The van der Waals surface area contributed by atoms with Crippen molar-refractivity contribution < 1.29 is 9.50 Å². The third-order valence-corrected chi connectivity index (χ3v) is 5.02. The minimum atomic E-state index is -0.582. The van der Waals surface area contributed by atoms with Gasteiger partial charge in [-0.3, -0.25) is 0 Å². The quantitative estimate of drug-likeness (QED) is 0.912. The average Bonchev–Trinajstić information content (AvgIpc) is 3.35. The maximum Gasteiger partial charge on any atom is 0.133 e. The highest BCUT2D eigenvalue weighted by Gasteiger charge is 2.30. The fourth-order valence-corrected chi connectivity index (χ4v) is 3.52. The Kier molecular flexibility index (Phi) is 4.19. The minimum Gasteiger partial charge on any atom is -0.388 e. The molecule has 2 aliphatic rings. The zero-order valence-corrected chi connectivity index (χ0v) is 13.6. The standard InChI is InChI=1S/C19H22FN3O/c20-15-7-5-13(6-8-15)17(24)12-16-2-1-11-23(16)18-9-10-21-19(22-18)14-3-4-14/h5-10,14,16-17,24H,1-4,11-12H2. The average molecular weight is 327 g/mol. The molecule has 2 atom stereocenters. The van der Waals surface area contributed by atoms with E-state index in [4.69, 9.17) is 4.98 Å². The van der Waals surface area contributed by atoms with Crippen molar-refractivity contribution in [2.75, 3.05) is 11.4 Å². The number of hydrogen-bond donors (Lipinski definition) is 1. The Balaban J connectivity index is 1.48. The van der Waals surface area contributed by atoms with E-state index in [2.05, 4.69) is 9.88 Å². The molecule has 1 aromatic carbocycles. The summed E-state index contributed by atoms with van der Waals surface area (Å²) in [7, 11) is 0. The summed E-state index contributed by atoms with van der Waals surface area (Å²) in [4.78, 5) is 11.4. The summed E-state index contributed by atoms with van der Waals surface area (Å²) in [5.74, 6) is 2.19. The molecule has 126 valence electrons. The van der Waals surface area contributed by atoms with Crippen LogP contribution in [0.25, 0.3) is 0 Å². The molecule has 0 radical (unpaired) electrons. The second kappa shape index (κ2) is 6.48. The van der Waals surface area contributed by atoms with Gasteiger partial charge >= 0.3 is 0 Å². The van der Waals surface area contributed by atoms with Crippen LogP contribution >= 0.6 is 0 Å². The van der Waals surface area contributed by atoms with Crippen LogP contribution in [0, 0.1) is 5.82 Å². The van der Waals surface area contributed by atoms with Crippen LogP contribution in [0.4, 0.5) is 10.2 Å². The summed E-state index contributed by atoms with van der Waals surface area (Å²) in [5, 5.41) is 10.5. The number of halogens is 1. The Morgan fingerprint density at radius 3 is 2.71 bits per heavy atom. The molecular formula is C19H22FN3O. The fourth-order valence-electron chi connectivity index (χ4n) is 3.52. The van der Waals surface area contributed by atoms with Crippen molar-refractivity contribution in [3.05, 3.63) is 53.7 Å². The molecule has 2 unspecified atom stereocenters. The van der Waals surface area contributed by atoms with E-state index >= 15 is 0 Å². The molecule has 1 saturated heterocycles. The molecule has 1 aromatic heterocycles. The monoisotopic (exact) mass is 327 g/mol. The molecule has 1 aliphatic carbocycles. The first-order chi connectivity index (χ1) is 11.7. The van der Waals surface area contributed by atoms with Gasteiger partial charge < -0.3 is 10.0 Å². The third kappa shape index (κ3) is 3.26. The summed E-state index contributed by atoms with van der Waals surface area (Å²) in [6.45, 7) is 0.960. The van der Waals surface area contributed by atoms with Gasteiger partial charge in [-0.1, -0.05) is 12.1 Å². The summed E-state index contributed by atoms with van der Waals surface area (Å²) in [5.41, 5.74) is 0.768. The lowest BCUT2D eigenvalue weighted by molar-refractivity contribution is 0.158. The Morgan fingerprint density at radius 2 is 1.96 bits per heavy atom. The van der Waals surface area contributed by atoms with Gasteiger partial charge in [0.15, 0.2) is 0 Å². The number of aliphatic hydroxyl groups is 1. The third-order valence-electron chi connectivity index (χ3n) is 5.02. The highest BCUT2D eigenvalue weighted by Crippen LogP contribution is 2.39. The summed E-state index contributed by atoms with van der Waals surface area (Å²) >= 11 is 0. The molecule has 0 spiro atoms. The number of rotatable bonds is 5. The van der Waals surface area contributed by atoms with E-state index in [1.54, 1.807) is 12.1 Å². The van der Waals surface area contributed by atoms with Crippen molar-refractivity contribution in [1.82, 2.24) is 9.97 Å². The van der Waals surface area contributed by atoms with E-state index in [9.17, 15) is 9.50 Å². The Morgan fingerprint density at radius 1 is 1.17 bits per heavy atom. The lowest BCUT2D eigenvalue weighted by Gasteiger charge is -2.27. The smallest absolute Gasteiger partial charge is 0.133 e. The lowest BCUT2D eigenvalue weighted by atomic mass is 10.0. The molecule has 2 fully saturated rings. The first-order valence-electron chi connectivity index (χ1n) is 8.74. The van der Waals surface area contributed by atoms with Crippen molar-refractivity contribution in [3.63, 3.8) is 0 Å². The predicted molar refractivity (Wildman–Crippen MR) is 90.4 cm³/mol. The highest BCUT2D eigenvalue weighted by molar-refractivity contribution is 5.41. The molecule has 5 heteroatoms. The lowest BCUT2D eigenvalue weighted by Crippen LogP contribution is -2.31. The highest BCUT2D eigenvalue weighted by atomic mass is 19.1. The first-order valence-corrected chi connectivity index (χ1v) is 8.74. The first kappa shape index (κ1) is 15.5. The van der Waals surface area contributed by atoms with Crippen molar-refractivity contribution in [3.8, 4) is 0 Å². The number of anilines is 1. The molecule has 1 saturated carbocycles. The molecule has 24 heavy (non-hydrogen) atoms. The van der Waals surface area contributed by atoms with Gasteiger partial charge in [0, 0.05) is 24.7 Å². The molecule has 2 aromatic rings. The van der Waals surface area contributed by atoms with Crippen molar-refractivity contribution >= 4 is 5.82 Å². The summed E-state index contributed by atoms with van der Waals surface area (Å²) in [6, 6.07) is 8.35. The molecule has 4 nitrogen and oxygen atoms in total. The van der Waals surface area contributed by atoms with E-state index in [1.165, 1.54) is 25.0 Å². The van der Waals surface area contributed by atoms with Gasteiger partial charge in [-0.2, -0.15) is 0 Å². The van der Waals surface area contributed by atoms with E-state index < -0.39 is 6.10 Å². The van der Waals surface area contributed by atoms with Gasteiger partial charge in [0.05, 0.1) is 6.10 Å². The maximum atomic E-state index is 13.0. The van der Waals surface area contributed by atoms with Crippen molar-refractivity contribution in [2.24, 2.45) is 0 Å². The SMILES string of the molecule is OC(CC1CCCN1c1ccnc(C2CC2)n1)c1ccc(F)cc1. The number of nitrogens with zero attached hydrogens (tertiary/aromatic N) is 3. The summed E-state index contributed by atoms with van der Waals surface area (Å²) < 4.78 is 13.0. The van der Waals surface area contributed by atoms with Gasteiger partial charge in [0.2, 0.25) is 0 Å². The second-order valence-corrected chi connectivity index (χ2v) is 6.84. The number of hydrogen-bond acceptors (Lipinski definition) is 4. The van der Waals surface area contributed by atoms with Gasteiger partial charge in [0.25, 0.3) is 0 Å². The Labute approximate surface area is 141 Å². The second-order valence-electron chi connectivity index (χ2n) is 6.84. The molecule has 0 amide bonds. The van der Waals surface area contributed by atoms with Crippen molar-refractivity contribution in [1.29, 1.82) is 0 Å². The van der Waals surface area contributed by atoms with Gasteiger partial charge in [0.1, 0.15) is 17.5 Å². The Hall–Kier alpha value is -2.01. The Bertz CT molecular complexity index is 702. The minimum absolute atomic E-state index is 0.256. The van der Waals surface area contributed by atoms with Crippen LogP contribution < -0.4 is 4.90 Å². The van der Waals surface area contributed by atoms with Crippen LogP contribution in [0.3, 0.4) is 0 Å². The molecular weight excluding hydrogens is 305 g/mol. The van der Waals surface area contributed by atoms with Crippen LogP contribution in [0.1, 0.15) is 55.5 Å². The largest absolute Gasteiger partial charge is 0.388 e. The number of aromatic nitrogens is 2. The van der Waals surface area contributed by atoms with Crippen LogP contribution in [0.15, 0.2) is 36.5 Å². The number of aliphatic hydroxyl groups excluding tert-OH is 1. The van der Waals surface area contributed by atoms with Gasteiger partial charge in [-0.25, -0.2) is 14.4 Å². The fraction of sp³-hybridized carbons (Fsp3) is 0.474. The maximum absolute atomic E-state index is 13.0. The van der Waals surface area contributed by atoms with E-state index in [-0.39, 0.29) is 11.9 Å². The zero-order valence-electron chi connectivity index (χ0n) is 13.6. The van der Waals surface area contributed by atoms with Crippen LogP contribution in [-0.4, -0.2) is 27.7 Å². The van der Waals surface area contributed by atoms with Crippen LogP contribution in [0.2, 0.25) is 0 Å². The van der Waals surface area contributed by atoms with Gasteiger partial charge in [-0.15, -0.1) is 0 Å². The summed E-state index contributed by atoms with van der Waals surface area (Å²) in [6.07, 6.45) is 6.42. The van der Waals surface area contributed by atoms with E-state index in [0.29, 0.717) is 12.3 Å². The number of benzene rings is 1. The van der Waals surface area contributed by atoms with E-state index in [1.807, 2.05) is 12.3 Å². The normalized spacial score (nSPS) is 21.9. The molecule has 4 rings (SSSR count). The molecule has 1 aliphatic heterocycles. The molecule has 1 N–H and O–H groups in total. The van der Waals surface area contributed by atoms with Crippen LogP contribution in [-0.2, 0) is 0 Å².